The average molecular weight is 423 g/mol. The lowest BCUT2D eigenvalue weighted by atomic mass is 10.1. The van der Waals surface area contributed by atoms with Crippen LogP contribution in [0.25, 0.3) is 0 Å². The van der Waals surface area contributed by atoms with Crippen LogP contribution in [0.2, 0.25) is 0 Å². The number of hydrogen-bond donors (Lipinski definition) is 1. The Labute approximate surface area is 136 Å². The molecule has 3 nitrogen and oxygen atoms in total. The van der Waals surface area contributed by atoms with Gasteiger partial charge in [0.2, 0.25) is 0 Å². The zero-order valence-electron chi connectivity index (χ0n) is 10.4. The van der Waals surface area contributed by atoms with E-state index < -0.39 is 11.8 Å². The molecule has 1 aromatic heterocycles. The van der Waals surface area contributed by atoms with Gasteiger partial charge in [0.15, 0.2) is 0 Å². The molecule has 20 heavy (non-hydrogen) atoms. The van der Waals surface area contributed by atoms with Crippen LogP contribution in [0.3, 0.4) is 0 Å². The Hall–Kier alpha value is -0.920. The maximum atomic E-state index is 13.3. The second-order valence-corrected chi connectivity index (χ2v) is 7.18. The van der Waals surface area contributed by atoms with Crippen molar-refractivity contribution in [3.63, 3.8) is 0 Å². The van der Waals surface area contributed by atoms with E-state index in [1.807, 2.05) is 6.07 Å². The zero-order valence-corrected chi connectivity index (χ0v) is 14.4. The molecule has 106 valence electrons. The van der Waals surface area contributed by atoms with Gasteiger partial charge in [-0.05, 0) is 56.1 Å². The molecule has 1 N–H and O–H groups in total. The van der Waals surface area contributed by atoms with E-state index >= 15 is 0 Å². The molecule has 0 aliphatic heterocycles. The summed E-state index contributed by atoms with van der Waals surface area (Å²) in [5, 5.41) is 3.05. The molecule has 1 aromatic carbocycles. The number of nitrogens with one attached hydrogen (secondary N) is 1. The maximum absolute atomic E-state index is 13.3. The number of rotatable bonds is 4. The summed E-state index contributed by atoms with van der Waals surface area (Å²) in [6.45, 7) is 0.488. The Morgan fingerprint density at radius 2 is 2.15 bits per heavy atom. The summed E-state index contributed by atoms with van der Waals surface area (Å²) in [4.78, 5) is 12.7. The highest BCUT2D eigenvalue weighted by Gasteiger charge is 2.13. The number of hydrogen-bond acceptors (Lipinski definition) is 4. The molecule has 0 unspecified atom stereocenters. The zero-order chi connectivity index (χ0) is 14.7. The number of benzene rings is 1. The van der Waals surface area contributed by atoms with Crippen molar-refractivity contribution in [3.05, 3.63) is 48.8 Å². The van der Waals surface area contributed by atoms with Gasteiger partial charge in [0.05, 0.1) is 22.1 Å². The van der Waals surface area contributed by atoms with Crippen LogP contribution in [0.1, 0.15) is 15.2 Å². The molecule has 0 bridgehead atoms. The molecule has 0 atom stereocenters. The Kier molecular flexibility index (Phi) is 5.17. The second kappa shape index (κ2) is 6.69. The van der Waals surface area contributed by atoms with Crippen molar-refractivity contribution in [2.24, 2.45) is 0 Å². The first kappa shape index (κ1) is 15.5. The van der Waals surface area contributed by atoms with Crippen LogP contribution in [0.15, 0.2) is 32.5 Å². The lowest BCUT2D eigenvalue weighted by molar-refractivity contribution is 0.0602. The Morgan fingerprint density at radius 1 is 1.40 bits per heavy atom. The Balaban J connectivity index is 2.19. The number of ether oxygens (including phenoxy) is 1. The minimum atomic E-state index is -0.499. The van der Waals surface area contributed by atoms with Crippen molar-refractivity contribution >= 4 is 54.9 Å². The normalized spacial score (nSPS) is 10.4. The average Bonchev–Trinajstić information content (AvgIpc) is 2.75. The number of thiophene rings is 1. The van der Waals surface area contributed by atoms with Gasteiger partial charge in [-0.25, -0.2) is 9.18 Å². The minimum absolute atomic E-state index is 0.309. The van der Waals surface area contributed by atoms with Gasteiger partial charge in [-0.3, -0.25) is 0 Å². The molecule has 0 aliphatic carbocycles. The summed E-state index contributed by atoms with van der Waals surface area (Å²) < 4.78 is 19.9. The van der Waals surface area contributed by atoms with Crippen molar-refractivity contribution in [3.8, 4) is 0 Å². The highest BCUT2D eigenvalue weighted by molar-refractivity contribution is 9.13. The first-order chi connectivity index (χ1) is 9.51. The number of anilines is 1. The third-order valence-corrected chi connectivity index (χ3v) is 5.79. The molecule has 0 saturated carbocycles. The fraction of sp³-hybridized carbons (Fsp3) is 0.154. The summed E-state index contributed by atoms with van der Waals surface area (Å²) in [6, 6.07) is 5.88. The largest absolute Gasteiger partial charge is 0.465 e. The van der Waals surface area contributed by atoms with E-state index in [-0.39, 0.29) is 0 Å². The molecular formula is C13H10Br2FNO2S. The van der Waals surface area contributed by atoms with E-state index in [0.29, 0.717) is 17.8 Å². The van der Waals surface area contributed by atoms with Crippen molar-refractivity contribution in [1.29, 1.82) is 0 Å². The number of esters is 1. The fourth-order valence-corrected chi connectivity index (χ4v) is 3.73. The molecule has 0 fully saturated rings. The summed E-state index contributed by atoms with van der Waals surface area (Å²) in [7, 11) is 1.29. The molecule has 2 aromatic rings. The van der Waals surface area contributed by atoms with Crippen molar-refractivity contribution < 1.29 is 13.9 Å². The Bertz CT molecular complexity index is 626. The van der Waals surface area contributed by atoms with Crippen molar-refractivity contribution in [2.45, 2.75) is 6.54 Å². The first-order valence-electron chi connectivity index (χ1n) is 5.56. The van der Waals surface area contributed by atoms with Gasteiger partial charge in [0.1, 0.15) is 5.82 Å². The minimum Gasteiger partial charge on any atom is -0.465 e. The molecule has 1 heterocycles. The monoisotopic (exact) mass is 421 g/mol. The maximum Gasteiger partial charge on any atom is 0.339 e. The van der Waals surface area contributed by atoms with E-state index in [1.165, 1.54) is 25.3 Å². The van der Waals surface area contributed by atoms with Gasteiger partial charge in [0.25, 0.3) is 0 Å². The van der Waals surface area contributed by atoms with Crippen LogP contribution < -0.4 is 5.32 Å². The molecule has 0 aliphatic rings. The second-order valence-electron chi connectivity index (χ2n) is 3.87. The van der Waals surface area contributed by atoms with E-state index in [4.69, 9.17) is 0 Å². The highest BCUT2D eigenvalue weighted by Crippen LogP contribution is 2.33. The molecule has 2 rings (SSSR count). The third-order valence-electron chi connectivity index (χ3n) is 2.54. The van der Waals surface area contributed by atoms with E-state index in [1.54, 1.807) is 11.3 Å². The molecule has 0 amide bonds. The molecule has 0 radical (unpaired) electrons. The summed E-state index contributed by atoms with van der Waals surface area (Å²) in [6.07, 6.45) is 0. The van der Waals surface area contributed by atoms with Crippen LogP contribution in [0.4, 0.5) is 10.1 Å². The lowest BCUT2D eigenvalue weighted by Crippen LogP contribution is -2.08. The smallest absolute Gasteiger partial charge is 0.339 e. The number of carbonyl (C=O) groups is 1. The highest BCUT2D eigenvalue weighted by atomic mass is 79.9. The standard InChI is InChI=1S/C13H10Br2FNO2S/c1-19-13(18)9-3-2-7(16)4-11(9)17-6-8-5-10(14)12(15)20-8/h2-5,17H,6H2,1H3. The van der Waals surface area contributed by atoms with Gasteiger partial charge >= 0.3 is 5.97 Å². The van der Waals surface area contributed by atoms with Crippen LogP contribution in [-0.4, -0.2) is 13.1 Å². The van der Waals surface area contributed by atoms with Gasteiger partial charge in [0, 0.05) is 15.9 Å². The van der Waals surface area contributed by atoms with Gasteiger partial charge < -0.3 is 10.1 Å². The first-order valence-corrected chi connectivity index (χ1v) is 7.97. The van der Waals surface area contributed by atoms with E-state index in [0.717, 1.165) is 13.1 Å². The predicted molar refractivity (Wildman–Crippen MR) is 84.8 cm³/mol. The SMILES string of the molecule is COC(=O)c1ccc(F)cc1NCc1cc(Br)c(Br)s1. The van der Waals surface area contributed by atoms with E-state index in [9.17, 15) is 9.18 Å². The number of carbonyl (C=O) groups excluding carboxylic acids is 1. The molecule has 7 heteroatoms. The summed E-state index contributed by atoms with van der Waals surface area (Å²) in [5.74, 6) is -0.908. The van der Waals surface area contributed by atoms with Crippen LogP contribution in [-0.2, 0) is 11.3 Å². The third kappa shape index (κ3) is 3.59. The van der Waals surface area contributed by atoms with Crippen LogP contribution in [0, 0.1) is 5.82 Å². The van der Waals surface area contributed by atoms with Crippen molar-refractivity contribution in [2.75, 3.05) is 12.4 Å². The van der Waals surface area contributed by atoms with Gasteiger partial charge in [-0.15, -0.1) is 11.3 Å². The number of halogens is 3. The molecular weight excluding hydrogens is 413 g/mol. The Morgan fingerprint density at radius 3 is 2.75 bits per heavy atom. The molecule has 0 saturated heterocycles. The summed E-state index contributed by atoms with van der Waals surface area (Å²) >= 11 is 8.37. The lowest BCUT2D eigenvalue weighted by Gasteiger charge is -2.10. The topological polar surface area (TPSA) is 38.3 Å². The van der Waals surface area contributed by atoms with Crippen LogP contribution >= 0.6 is 43.2 Å². The number of methoxy groups -OCH3 is 1. The quantitative estimate of drug-likeness (QED) is 0.718. The van der Waals surface area contributed by atoms with Gasteiger partial charge in [-0.1, -0.05) is 0 Å². The summed E-state index contributed by atoms with van der Waals surface area (Å²) in [5.41, 5.74) is 0.723. The van der Waals surface area contributed by atoms with Crippen LogP contribution in [0.5, 0.6) is 0 Å². The predicted octanol–water partition coefficient (Wildman–Crippen LogP) is 4.81. The fourth-order valence-electron chi connectivity index (χ4n) is 1.61. The van der Waals surface area contributed by atoms with Crippen molar-refractivity contribution in [1.82, 2.24) is 0 Å². The molecule has 0 spiro atoms. The van der Waals surface area contributed by atoms with Gasteiger partial charge in [-0.2, -0.15) is 0 Å². The van der Waals surface area contributed by atoms with E-state index in [2.05, 4.69) is 41.9 Å².